The third kappa shape index (κ3) is 2.82. The first-order valence-corrected chi connectivity index (χ1v) is 6.94. The van der Waals surface area contributed by atoms with Gasteiger partial charge in [0, 0.05) is 23.4 Å². The van der Waals surface area contributed by atoms with E-state index in [4.69, 9.17) is 20.8 Å². The predicted molar refractivity (Wildman–Crippen MR) is 73.8 cm³/mol. The van der Waals surface area contributed by atoms with Gasteiger partial charge in [-0.15, -0.1) is 0 Å². The minimum Gasteiger partial charge on any atom is -0.453 e. The maximum Gasteiger partial charge on any atom is 0.198 e. The lowest BCUT2D eigenvalue weighted by Crippen LogP contribution is -2.08. The van der Waals surface area contributed by atoms with Crippen LogP contribution in [-0.4, -0.2) is 18.5 Å². The van der Waals surface area contributed by atoms with Gasteiger partial charge in [0.05, 0.1) is 6.10 Å². The van der Waals surface area contributed by atoms with E-state index in [1.165, 1.54) is 0 Å². The van der Waals surface area contributed by atoms with Crippen molar-refractivity contribution in [1.82, 2.24) is 0 Å². The zero-order valence-electron chi connectivity index (χ0n) is 10.5. The second kappa shape index (κ2) is 5.35. The highest BCUT2D eigenvalue weighted by atomic mass is 35.5. The Kier molecular flexibility index (Phi) is 3.58. The number of ether oxygens (including phenoxy) is 1. The SMILES string of the molecule is O=C(CCC1CCCO1)c1cc2cc(Cl)ccc2o1. The molecule has 0 saturated carbocycles. The van der Waals surface area contributed by atoms with Crippen LogP contribution in [0.5, 0.6) is 0 Å². The van der Waals surface area contributed by atoms with Crippen LogP contribution in [0.1, 0.15) is 36.2 Å². The number of carbonyl (C=O) groups is 1. The van der Waals surface area contributed by atoms with E-state index in [0.29, 0.717) is 22.8 Å². The first-order valence-electron chi connectivity index (χ1n) is 6.56. The number of carbonyl (C=O) groups excluding carboxylic acids is 1. The Balaban J connectivity index is 1.70. The zero-order chi connectivity index (χ0) is 13.2. The number of benzene rings is 1. The van der Waals surface area contributed by atoms with Crippen molar-refractivity contribution in [2.24, 2.45) is 0 Å². The third-order valence-electron chi connectivity index (χ3n) is 3.47. The van der Waals surface area contributed by atoms with E-state index < -0.39 is 0 Å². The standard InChI is InChI=1S/C15H15ClO3/c16-11-3-6-14-10(8-11)9-15(19-14)13(17)5-4-12-2-1-7-18-12/h3,6,8-9,12H,1-2,4-5,7H2. The molecule has 3 rings (SSSR count). The Morgan fingerprint density at radius 1 is 1.37 bits per heavy atom. The molecular formula is C15H15ClO3. The molecule has 0 bridgehead atoms. The van der Waals surface area contributed by atoms with Crippen molar-refractivity contribution in [3.63, 3.8) is 0 Å². The van der Waals surface area contributed by atoms with Crippen LogP contribution in [0.25, 0.3) is 11.0 Å². The zero-order valence-corrected chi connectivity index (χ0v) is 11.3. The van der Waals surface area contributed by atoms with E-state index >= 15 is 0 Å². The molecule has 2 aromatic rings. The van der Waals surface area contributed by atoms with Crippen LogP contribution >= 0.6 is 11.6 Å². The molecule has 1 atom stereocenters. The smallest absolute Gasteiger partial charge is 0.198 e. The molecule has 0 spiro atoms. The molecule has 0 aliphatic carbocycles. The van der Waals surface area contributed by atoms with Crippen LogP contribution in [-0.2, 0) is 4.74 Å². The summed E-state index contributed by atoms with van der Waals surface area (Å²) >= 11 is 5.91. The quantitative estimate of drug-likeness (QED) is 0.786. The maximum atomic E-state index is 12.1. The van der Waals surface area contributed by atoms with Crippen LogP contribution in [0.15, 0.2) is 28.7 Å². The fourth-order valence-electron chi connectivity index (χ4n) is 2.44. The Morgan fingerprint density at radius 3 is 3.05 bits per heavy atom. The van der Waals surface area contributed by atoms with Crippen molar-refractivity contribution in [2.75, 3.05) is 6.61 Å². The Hall–Kier alpha value is -1.32. The van der Waals surface area contributed by atoms with Crippen molar-refractivity contribution < 1.29 is 13.9 Å². The number of halogens is 1. The molecule has 19 heavy (non-hydrogen) atoms. The molecule has 1 saturated heterocycles. The summed E-state index contributed by atoms with van der Waals surface area (Å²) in [5, 5.41) is 1.51. The van der Waals surface area contributed by atoms with Gasteiger partial charge >= 0.3 is 0 Å². The van der Waals surface area contributed by atoms with Crippen LogP contribution < -0.4 is 0 Å². The molecule has 4 heteroatoms. The maximum absolute atomic E-state index is 12.1. The van der Waals surface area contributed by atoms with Gasteiger partial charge in [-0.05, 0) is 43.5 Å². The largest absolute Gasteiger partial charge is 0.453 e. The first-order chi connectivity index (χ1) is 9.22. The first kappa shape index (κ1) is 12.7. The summed E-state index contributed by atoms with van der Waals surface area (Å²) in [5.41, 5.74) is 0.699. The lowest BCUT2D eigenvalue weighted by molar-refractivity contribution is 0.0842. The van der Waals surface area contributed by atoms with E-state index in [0.717, 1.165) is 31.3 Å². The van der Waals surface area contributed by atoms with Gasteiger partial charge in [-0.25, -0.2) is 0 Å². The fraction of sp³-hybridized carbons (Fsp3) is 0.400. The van der Waals surface area contributed by atoms with E-state index in [2.05, 4.69) is 0 Å². The lowest BCUT2D eigenvalue weighted by atomic mass is 10.1. The molecule has 0 N–H and O–H groups in total. The highest BCUT2D eigenvalue weighted by molar-refractivity contribution is 6.31. The van der Waals surface area contributed by atoms with Crippen LogP contribution in [0, 0.1) is 0 Å². The topological polar surface area (TPSA) is 39.4 Å². The molecule has 3 nitrogen and oxygen atoms in total. The number of hydrogen-bond donors (Lipinski definition) is 0. The van der Waals surface area contributed by atoms with Gasteiger partial charge in [-0.3, -0.25) is 4.79 Å². The average molecular weight is 279 g/mol. The van der Waals surface area contributed by atoms with Gasteiger partial charge in [0.1, 0.15) is 5.58 Å². The molecule has 1 aromatic carbocycles. The highest BCUT2D eigenvalue weighted by Crippen LogP contribution is 2.25. The van der Waals surface area contributed by atoms with Crippen molar-refractivity contribution in [2.45, 2.75) is 31.8 Å². The fourth-order valence-corrected chi connectivity index (χ4v) is 2.62. The molecule has 1 aliphatic heterocycles. The lowest BCUT2D eigenvalue weighted by Gasteiger charge is -2.06. The summed E-state index contributed by atoms with van der Waals surface area (Å²) in [6, 6.07) is 7.11. The molecule has 1 unspecified atom stereocenters. The number of hydrogen-bond acceptors (Lipinski definition) is 3. The number of ketones is 1. The summed E-state index contributed by atoms with van der Waals surface area (Å²) in [5.74, 6) is 0.443. The molecule has 2 heterocycles. The summed E-state index contributed by atoms with van der Waals surface area (Å²) in [6.45, 7) is 0.821. The number of Topliss-reactive ketones (excluding diaryl/α,β-unsaturated/α-hetero) is 1. The number of furan rings is 1. The van der Waals surface area contributed by atoms with Crippen molar-refractivity contribution in [3.8, 4) is 0 Å². The van der Waals surface area contributed by atoms with Crippen LogP contribution in [0.2, 0.25) is 5.02 Å². The molecule has 100 valence electrons. The van der Waals surface area contributed by atoms with Gasteiger partial charge in [0.25, 0.3) is 0 Å². The highest BCUT2D eigenvalue weighted by Gasteiger charge is 2.19. The van der Waals surface area contributed by atoms with Gasteiger partial charge in [0.15, 0.2) is 11.5 Å². The molecule has 0 radical (unpaired) electrons. The second-order valence-corrected chi connectivity index (χ2v) is 5.33. The minimum atomic E-state index is 0.0304. The third-order valence-corrected chi connectivity index (χ3v) is 3.71. The summed E-state index contributed by atoms with van der Waals surface area (Å²) in [4.78, 5) is 12.1. The predicted octanol–water partition coefficient (Wildman–Crippen LogP) is 4.23. The number of rotatable bonds is 4. The van der Waals surface area contributed by atoms with E-state index in [1.807, 2.05) is 0 Å². The Bertz CT molecular complexity index is 596. The minimum absolute atomic E-state index is 0.0304. The van der Waals surface area contributed by atoms with Crippen LogP contribution in [0.4, 0.5) is 0 Å². The Labute approximate surface area is 116 Å². The van der Waals surface area contributed by atoms with Crippen molar-refractivity contribution in [1.29, 1.82) is 0 Å². The van der Waals surface area contributed by atoms with Gasteiger partial charge in [-0.1, -0.05) is 11.6 Å². The van der Waals surface area contributed by atoms with Crippen LogP contribution in [0.3, 0.4) is 0 Å². The van der Waals surface area contributed by atoms with Gasteiger partial charge in [-0.2, -0.15) is 0 Å². The second-order valence-electron chi connectivity index (χ2n) is 4.89. The monoisotopic (exact) mass is 278 g/mol. The van der Waals surface area contributed by atoms with Gasteiger partial charge < -0.3 is 9.15 Å². The molecule has 1 fully saturated rings. The van der Waals surface area contributed by atoms with Gasteiger partial charge in [0.2, 0.25) is 0 Å². The molecule has 1 aliphatic rings. The van der Waals surface area contributed by atoms with Crippen molar-refractivity contribution >= 4 is 28.4 Å². The summed E-state index contributed by atoms with van der Waals surface area (Å²) in [6.07, 6.45) is 3.64. The Morgan fingerprint density at radius 2 is 2.26 bits per heavy atom. The van der Waals surface area contributed by atoms with E-state index in [9.17, 15) is 4.79 Å². The number of fused-ring (bicyclic) bond motifs is 1. The summed E-state index contributed by atoms with van der Waals surface area (Å²) in [7, 11) is 0. The molecular weight excluding hydrogens is 264 g/mol. The normalized spacial score (nSPS) is 19.1. The van der Waals surface area contributed by atoms with Crippen molar-refractivity contribution in [3.05, 3.63) is 35.0 Å². The van der Waals surface area contributed by atoms with E-state index in [-0.39, 0.29) is 11.9 Å². The molecule has 1 aromatic heterocycles. The average Bonchev–Trinajstić information content (AvgIpc) is 3.04. The molecule has 0 amide bonds. The van der Waals surface area contributed by atoms with E-state index in [1.54, 1.807) is 24.3 Å². The summed E-state index contributed by atoms with van der Waals surface area (Å²) < 4.78 is 11.1.